The van der Waals surface area contributed by atoms with Gasteiger partial charge in [-0.1, -0.05) is 30.3 Å². The topological polar surface area (TPSA) is 45.2 Å². The van der Waals surface area contributed by atoms with E-state index >= 15 is 0 Å². The van der Waals surface area contributed by atoms with E-state index in [2.05, 4.69) is 27.8 Å². The van der Waals surface area contributed by atoms with Crippen LogP contribution in [0.5, 0.6) is 0 Å². The third kappa shape index (κ3) is 4.51. The van der Waals surface area contributed by atoms with Crippen LogP contribution in [-0.2, 0) is 11.3 Å². The molecule has 1 N–H and O–H groups in total. The first kappa shape index (κ1) is 19.3. The molecule has 3 aromatic rings. The van der Waals surface area contributed by atoms with Crippen molar-refractivity contribution in [1.29, 1.82) is 0 Å². The third-order valence-corrected chi connectivity index (χ3v) is 6.94. The van der Waals surface area contributed by atoms with Crippen LogP contribution in [0.15, 0.2) is 47.8 Å². The Morgan fingerprint density at radius 1 is 1.14 bits per heavy atom. The second-order valence-corrected chi connectivity index (χ2v) is 9.36. The van der Waals surface area contributed by atoms with Gasteiger partial charge in [-0.25, -0.2) is 4.98 Å². The van der Waals surface area contributed by atoms with E-state index in [-0.39, 0.29) is 11.9 Å². The number of nitrogens with one attached hydrogen (secondary N) is 1. The molecule has 1 aliphatic rings. The Hall–Kier alpha value is -2.02. The SMILES string of the molecule is Cc1nc(-c2ccc(CN[C@@H](C(=O)N3CCCCC3)c3ccccc3)s2)cs1. The molecule has 2 aromatic heterocycles. The maximum Gasteiger partial charge on any atom is 0.244 e. The van der Waals surface area contributed by atoms with Crippen molar-refractivity contribution in [2.45, 2.75) is 38.8 Å². The number of benzene rings is 1. The van der Waals surface area contributed by atoms with E-state index in [1.807, 2.05) is 42.2 Å². The van der Waals surface area contributed by atoms with E-state index in [9.17, 15) is 4.79 Å². The smallest absolute Gasteiger partial charge is 0.244 e. The van der Waals surface area contributed by atoms with Gasteiger partial charge in [0.2, 0.25) is 5.91 Å². The van der Waals surface area contributed by atoms with E-state index in [1.54, 1.807) is 22.7 Å². The average molecular weight is 412 g/mol. The number of thiazole rings is 1. The number of likely N-dealkylation sites (tertiary alicyclic amines) is 1. The second-order valence-electron chi connectivity index (χ2n) is 7.13. The van der Waals surface area contributed by atoms with Crippen LogP contribution < -0.4 is 5.32 Å². The molecule has 0 aliphatic carbocycles. The first-order chi connectivity index (χ1) is 13.7. The fourth-order valence-electron chi connectivity index (χ4n) is 3.58. The maximum absolute atomic E-state index is 13.2. The van der Waals surface area contributed by atoms with Crippen molar-refractivity contribution in [3.63, 3.8) is 0 Å². The number of carbonyl (C=O) groups excluding carboxylic acids is 1. The minimum atomic E-state index is -0.300. The van der Waals surface area contributed by atoms with E-state index in [4.69, 9.17) is 0 Å². The monoisotopic (exact) mass is 411 g/mol. The standard InChI is InChI=1S/C22H25N3OS2/c1-16-24-19(15-27-16)20-11-10-18(28-20)14-23-21(17-8-4-2-5-9-17)22(26)25-12-6-3-7-13-25/h2,4-5,8-11,15,21,23H,3,6-7,12-14H2,1H3/t21-/m1/s1. The van der Waals surface area contributed by atoms with E-state index < -0.39 is 0 Å². The summed E-state index contributed by atoms with van der Waals surface area (Å²) in [7, 11) is 0. The molecule has 4 nitrogen and oxygen atoms in total. The van der Waals surface area contributed by atoms with Crippen LogP contribution in [0.2, 0.25) is 0 Å². The largest absolute Gasteiger partial charge is 0.341 e. The van der Waals surface area contributed by atoms with Crippen molar-refractivity contribution >= 4 is 28.6 Å². The van der Waals surface area contributed by atoms with Crippen molar-refractivity contribution in [2.24, 2.45) is 0 Å². The molecule has 1 amide bonds. The molecule has 1 aromatic carbocycles. The van der Waals surface area contributed by atoms with Crippen molar-refractivity contribution < 1.29 is 4.79 Å². The summed E-state index contributed by atoms with van der Waals surface area (Å²) in [4.78, 5) is 22.2. The summed E-state index contributed by atoms with van der Waals surface area (Å²) >= 11 is 3.41. The molecule has 1 fully saturated rings. The molecule has 4 rings (SSSR count). The molecule has 6 heteroatoms. The Balaban J connectivity index is 1.48. The molecule has 146 valence electrons. The number of thiophene rings is 1. The predicted octanol–water partition coefficient (Wildman–Crippen LogP) is 5.02. The van der Waals surface area contributed by atoms with Crippen molar-refractivity contribution in [3.05, 3.63) is 63.3 Å². The minimum absolute atomic E-state index is 0.192. The number of nitrogens with zero attached hydrogens (tertiary/aromatic N) is 2. The van der Waals surface area contributed by atoms with Crippen LogP contribution in [0.3, 0.4) is 0 Å². The summed E-state index contributed by atoms with van der Waals surface area (Å²) in [5.41, 5.74) is 2.08. The van der Waals surface area contributed by atoms with E-state index in [0.29, 0.717) is 6.54 Å². The molecule has 0 saturated carbocycles. The molecule has 1 saturated heterocycles. The van der Waals surface area contributed by atoms with Gasteiger partial charge in [0.15, 0.2) is 0 Å². The first-order valence-corrected chi connectivity index (χ1v) is 11.5. The van der Waals surface area contributed by atoms with Gasteiger partial charge < -0.3 is 4.90 Å². The summed E-state index contributed by atoms with van der Waals surface area (Å²) in [5.74, 6) is 0.192. The molecule has 1 atom stereocenters. The van der Waals surface area contributed by atoms with E-state index in [1.165, 1.54) is 16.2 Å². The van der Waals surface area contributed by atoms with Gasteiger partial charge in [0.05, 0.1) is 15.6 Å². The number of aromatic nitrogens is 1. The summed E-state index contributed by atoms with van der Waals surface area (Å²) < 4.78 is 0. The quantitative estimate of drug-likeness (QED) is 0.619. The lowest BCUT2D eigenvalue weighted by Crippen LogP contribution is -2.43. The normalized spacial score (nSPS) is 15.5. The second kappa shape index (κ2) is 8.99. The summed E-state index contributed by atoms with van der Waals surface area (Å²) in [5, 5.41) is 6.71. The van der Waals surface area contributed by atoms with Crippen LogP contribution in [-0.4, -0.2) is 28.9 Å². The fraction of sp³-hybridized carbons (Fsp3) is 0.364. The van der Waals surface area contributed by atoms with Crippen molar-refractivity contribution in [1.82, 2.24) is 15.2 Å². The third-order valence-electron chi connectivity index (χ3n) is 5.06. The zero-order valence-electron chi connectivity index (χ0n) is 16.1. The molecule has 0 bridgehead atoms. The Bertz CT molecular complexity index is 913. The van der Waals surface area contributed by atoms with Gasteiger partial charge in [-0.15, -0.1) is 22.7 Å². The first-order valence-electron chi connectivity index (χ1n) is 9.79. The molecule has 0 radical (unpaired) electrons. The van der Waals surface area contributed by atoms with Crippen molar-refractivity contribution in [2.75, 3.05) is 13.1 Å². The Morgan fingerprint density at radius 2 is 1.93 bits per heavy atom. The summed E-state index contributed by atoms with van der Waals surface area (Å²) in [6.07, 6.45) is 3.43. The number of piperidine rings is 1. The molecule has 0 spiro atoms. The van der Waals surface area contributed by atoms with Crippen LogP contribution in [0.25, 0.3) is 10.6 Å². The Labute approximate surface area is 174 Å². The predicted molar refractivity (Wildman–Crippen MR) is 117 cm³/mol. The van der Waals surface area contributed by atoms with Gasteiger partial charge in [-0.2, -0.15) is 0 Å². The van der Waals surface area contributed by atoms with Gasteiger partial charge in [0.1, 0.15) is 6.04 Å². The zero-order valence-corrected chi connectivity index (χ0v) is 17.7. The van der Waals surface area contributed by atoms with Gasteiger partial charge in [0.25, 0.3) is 0 Å². The highest BCUT2D eigenvalue weighted by Crippen LogP contribution is 2.29. The molecular weight excluding hydrogens is 386 g/mol. The highest BCUT2D eigenvalue weighted by Gasteiger charge is 2.26. The summed E-state index contributed by atoms with van der Waals surface area (Å²) in [6, 6.07) is 14.0. The number of rotatable bonds is 6. The van der Waals surface area contributed by atoms with Crippen molar-refractivity contribution in [3.8, 4) is 10.6 Å². The van der Waals surface area contributed by atoms with Gasteiger partial charge in [0, 0.05) is 29.9 Å². The lowest BCUT2D eigenvalue weighted by molar-refractivity contribution is -0.134. The Kier molecular flexibility index (Phi) is 6.20. The minimum Gasteiger partial charge on any atom is -0.341 e. The molecule has 28 heavy (non-hydrogen) atoms. The molecule has 0 unspecified atom stereocenters. The number of aryl methyl sites for hydroxylation is 1. The number of hydrogen-bond donors (Lipinski definition) is 1. The molecular formula is C22H25N3OS2. The fourth-order valence-corrected chi connectivity index (χ4v) is 5.19. The number of carbonyl (C=O) groups is 1. The van der Waals surface area contributed by atoms with Crippen LogP contribution in [0, 0.1) is 6.92 Å². The average Bonchev–Trinajstić information content (AvgIpc) is 3.38. The summed E-state index contributed by atoms with van der Waals surface area (Å²) in [6.45, 7) is 4.44. The highest BCUT2D eigenvalue weighted by molar-refractivity contribution is 7.16. The van der Waals surface area contributed by atoms with Crippen LogP contribution >= 0.6 is 22.7 Å². The maximum atomic E-state index is 13.2. The van der Waals surface area contributed by atoms with Gasteiger partial charge in [-0.3, -0.25) is 10.1 Å². The van der Waals surface area contributed by atoms with Crippen LogP contribution in [0.1, 0.15) is 40.8 Å². The van der Waals surface area contributed by atoms with E-state index in [0.717, 1.165) is 42.2 Å². The Morgan fingerprint density at radius 3 is 2.64 bits per heavy atom. The lowest BCUT2D eigenvalue weighted by atomic mass is 10.0. The van der Waals surface area contributed by atoms with Gasteiger partial charge >= 0.3 is 0 Å². The molecule has 1 aliphatic heterocycles. The number of amides is 1. The number of hydrogen-bond acceptors (Lipinski definition) is 5. The molecule has 3 heterocycles. The van der Waals surface area contributed by atoms with Crippen LogP contribution in [0.4, 0.5) is 0 Å². The highest BCUT2D eigenvalue weighted by atomic mass is 32.1. The zero-order chi connectivity index (χ0) is 19.3. The van der Waals surface area contributed by atoms with Gasteiger partial charge in [-0.05, 0) is 43.9 Å². The lowest BCUT2D eigenvalue weighted by Gasteiger charge is -2.31.